The third-order valence-corrected chi connectivity index (χ3v) is 8.84. The molecule has 10 heteroatoms. The van der Waals surface area contributed by atoms with Gasteiger partial charge >= 0.3 is 0 Å². The summed E-state index contributed by atoms with van der Waals surface area (Å²) in [5.41, 5.74) is 3.25. The van der Waals surface area contributed by atoms with Gasteiger partial charge in [0.15, 0.2) is 15.5 Å². The van der Waals surface area contributed by atoms with E-state index in [0.717, 1.165) is 25.2 Å². The van der Waals surface area contributed by atoms with Crippen molar-refractivity contribution in [2.24, 2.45) is 0 Å². The van der Waals surface area contributed by atoms with Crippen molar-refractivity contribution in [3.05, 3.63) is 41.6 Å². The van der Waals surface area contributed by atoms with Crippen LogP contribution < -0.4 is 4.74 Å². The second-order valence-corrected chi connectivity index (χ2v) is 11.5. The van der Waals surface area contributed by atoms with Crippen molar-refractivity contribution in [2.45, 2.75) is 26.3 Å². The van der Waals surface area contributed by atoms with E-state index in [1.165, 1.54) is 0 Å². The molecule has 5 rings (SSSR count). The van der Waals surface area contributed by atoms with Crippen LogP contribution in [0.5, 0.6) is 5.75 Å². The first-order valence-electron chi connectivity index (χ1n) is 12.1. The number of carbonyl (C=O) groups is 1. The number of carbonyl (C=O) groups excluding carboxylic acids is 1. The Hall–Kier alpha value is -2.98. The first-order chi connectivity index (χ1) is 16.8. The molecule has 2 aromatic heterocycles. The lowest BCUT2D eigenvalue weighted by molar-refractivity contribution is 0.0645. The summed E-state index contributed by atoms with van der Waals surface area (Å²) in [6, 6.07) is 9.11. The van der Waals surface area contributed by atoms with Gasteiger partial charge in [-0.25, -0.2) is 18.1 Å². The highest BCUT2D eigenvalue weighted by Gasteiger charge is 2.33. The largest absolute Gasteiger partial charge is 0.497 e. The number of hydrogen-bond donors (Lipinski definition) is 0. The van der Waals surface area contributed by atoms with Crippen LogP contribution in [0.2, 0.25) is 0 Å². The summed E-state index contributed by atoms with van der Waals surface area (Å²) in [6.45, 7) is 7.98. The highest BCUT2D eigenvalue weighted by molar-refractivity contribution is 7.91. The minimum Gasteiger partial charge on any atom is -0.497 e. The van der Waals surface area contributed by atoms with Gasteiger partial charge in [0.05, 0.1) is 47.0 Å². The van der Waals surface area contributed by atoms with Crippen molar-refractivity contribution < 1.29 is 17.9 Å². The number of nitrogens with zero attached hydrogens (tertiary/aromatic N) is 5. The number of amides is 1. The second kappa shape index (κ2) is 9.23. The Balaban J connectivity index is 1.65. The van der Waals surface area contributed by atoms with Crippen molar-refractivity contribution in [1.82, 2.24) is 24.6 Å². The molecule has 1 unspecified atom stereocenters. The lowest BCUT2D eigenvalue weighted by Crippen LogP contribution is -2.48. The quantitative estimate of drug-likeness (QED) is 0.534. The Morgan fingerprint density at radius 3 is 2.60 bits per heavy atom. The fourth-order valence-corrected chi connectivity index (χ4v) is 6.76. The second-order valence-electron chi connectivity index (χ2n) is 9.30. The maximum Gasteiger partial charge on any atom is 0.254 e. The molecule has 0 aliphatic carbocycles. The van der Waals surface area contributed by atoms with E-state index >= 15 is 0 Å². The number of likely N-dealkylation sites (N-methyl/N-ethyl adjacent to an activating group) is 1. The summed E-state index contributed by atoms with van der Waals surface area (Å²) in [7, 11) is -1.50. The smallest absolute Gasteiger partial charge is 0.254 e. The summed E-state index contributed by atoms with van der Waals surface area (Å²) in [5, 5.41) is 5.40. The van der Waals surface area contributed by atoms with Crippen molar-refractivity contribution in [2.75, 3.05) is 51.3 Å². The molecule has 0 bridgehead atoms. The van der Waals surface area contributed by atoms with E-state index in [9.17, 15) is 13.2 Å². The third kappa shape index (κ3) is 4.52. The maximum absolute atomic E-state index is 13.8. The van der Waals surface area contributed by atoms with Gasteiger partial charge < -0.3 is 14.5 Å². The number of methoxy groups -OCH3 is 1. The highest BCUT2D eigenvalue weighted by atomic mass is 32.2. The van der Waals surface area contributed by atoms with Crippen molar-refractivity contribution in [1.29, 1.82) is 0 Å². The Bertz CT molecular complexity index is 1380. The maximum atomic E-state index is 13.8. The Morgan fingerprint density at radius 2 is 1.94 bits per heavy atom. The molecule has 2 saturated heterocycles. The van der Waals surface area contributed by atoms with Gasteiger partial charge in [-0.3, -0.25) is 4.79 Å². The van der Waals surface area contributed by atoms with Crippen LogP contribution in [0, 0.1) is 6.92 Å². The predicted octanol–water partition coefficient (Wildman–Crippen LogP) is 2.55. The van der Waals surface area contributed by atoms with Crippen LogP contribution in [0.15, 0.2) is 30.3 Å². The Morgan fingerprint density at radius 1 is 1.17 bits per heavy atom. The van der Waals surface area contributed by atoms with E-state index in [1.54, 1.807) is 11.8 Å². The molecule has 0 saturated carbocycles. The summed E-state index contributed by atoms with van der Waals surface area (Å²) in [4.78, 5) is 23.0. The number of benzene rings is 1. The zero-order valence-electron chi connectivity index (χ0n) is 20.4. The van der Waals surface area contributed by atoms with Crippen LogP contribution in [0.4, 0.5) is 0 Å². The fraction of sp³-hybridized carbons (Fsp3) is 0.480. The van der Waals surface area contributed by atoms with Crippen LogP contribution in [-0.4, -0.2) is 90.2 Å². The molecule has 2 aliphatic rings. The Labute approximate surface area is 205 Å². The minimum atomic E-state index is -3.11. The average Bonchev–Trinajstić information content (AvgIpc) is 3.41. The van der Waals surface area contributed by atoms with Gasteiger partial charge in [0.2, 0.25) is 0 Å². The van der Waals surface area contributed by atoms with Gasteiger partial charge in [0, 0.05) is 31.7 Å². The van der Waals surface area contributed by atoms with Crippen LogP contribution in [0.25, 0.3) is 22.3 Å². The number of sulfone groups is 1. The van der Waals surface area contributed by atoms with Crippen LogP contribution in [-0.2, 0) is 9.84 Å². The van der Waals surface area contributed by atoms with Gasteiger partial charge in [0.25, 0.3) is 5.91 Å². The topological polar surface area (TPSA) is 97.6 Å². The molecule has 9 nitrogen and oxygen atoms in total. The van der Waals surface area contributed by atoms with E-state index in [1.807, 2.05) is 42.2 Å². The Kier molecular flexibility index (Phi) is 6.27. The average molecular weight is 498 g/mol. The number of fused-ring (bicyclic) bond motifs is 1. The molecule has 1 amide bonds. The van der Waals surface area contributed by atoms with Crippen molar-refractivity contribution in [3.8, 4) is 17.0 Å². The number of pyridine rings is 1. The highest BCUT2D eigenvalue weighted by Crippen LogP contribution is 2.33. The van der Waals surface area contributed by atoms with Gasteiger partial charge in [0.1, 0.15) is 5.75 Å². The predicted molar refractivity (Wildman–Crippen MR) is 135 cm³/mol. The first-order valence-corrected chi connectivity index (χ1v) is 13.9. The van der Waals surface area contributed by atoms with E-state index in [4.69, 9.17) is 14.8 Å². The fourth-order valence-electron chi connectivity index (χ4n) is 5.07. The van der Waals surface area contributed by atoms with E-state index in [0.29, 0.717) is 53.2 Å². The molecule has 0 spiro atoms. The van der Waals surface area contributed by atoms with Crippen molar-refractivity contribution in [3.63, 3.8) is 0 Å². The molecule has 4 heterocycles. The summed E-state index contributed by atoms with van der Waals surface area (Å²) in [6.07, 6.45) is 0.492. The number of ether oxygens (including phenoxy) is 1. The van der Waals surface area contributed by atoms with Crippen LogP contribution in [0.1, 0.15) is 35.4 Å². The number of piperazine rings is 1. The zero-order chi connectivity index (χ0) is 24.7. The third-order valence-electron chi connectivity index (χ3n) is 7.09. The molecule has 1 aromatic carbocycles. The summed E-state index contributed by atoms with van der Waals surface area (Å²) in [5.74, 6) is 0.830. The van der Waals surface area contributed by atoms with Crippen molar-refractivity contribution >= 4 is 26.8 Å². The standard InChI is InChI=1S/C25H31N5O4S/c1-4-28-9-11-29(12-10-28)25(31)21-15-22(18-6-5-7-20(14-18)34-3)26-24-23(21)17(2)27-30(24)19-8-13-35(32,33)16-19/h5-7,14-15,19H,4,8-13,16H2,1-3H3. The molecule has 35 heavy (non-hydrogen) atoms. The van der Waals surface area contributed by atoms with Gasteiger partial charge in [-0.1, -0.05) is 19.1 Å². The monoisotopic (exact) mass is 497 g/mol. The molecular weight excluding hydrogens is 466 g/mol. The molecule has 3 aromatic rings. The molecule has 2 fully saturated rings. The molecule has 1 atom stereocenters. The lowest BCUT2D eigenvalue weighted by Gasteiger charge is -2.34. The molecule has 186 valence electrons. The first kappa shape index (κ1) is 23.7. The van der Waals surface area contributed by atoms with Crippen LogP contribution in [0.3, 0.4) is 0 Å². The number of rotatable bonds is 5. The number of hydrogen-bond acceptors (Lipinski definition) is 7. The molecular formula is C25H31N5O4S. The molecule has 2 aliphatic heterocycles. The minimum absolute atomic E-state index is 0.0382. The zero-order valence-corrected chi connectivity index (χ0v) is 21.2. The summed E-state index contributed by atoms with van der Waals surface area (Å²) >= 11 is 0. The molecule has 0 radical (unpaired) electrons. The SMILES string of the molecule is CCN1CCN(C(=O)c2cc(-c3cccc(OC)c3)nc3c2c(C)nn3C2CCS(=O)(=O)C2)CC1. The van der Waals surface area contributed by atoms with Gasteiger partial charge in [-0.05, 0) is 38.1 Å². The lowest BCUT2D eigenvalue weighted by atomic mass is 10.0. The van der Waals surface area contributed by atoms with E-state index in [-0.39, 0.29) is 23.5 Å². The number of aryl methyl sites for hydroxylation is 1. The number of aromatic nitrogens is 3. The normalized spacial score (nSPS) is 20.4. The van der Waals surface area contributed by atoms with E-state index < -0.39 is 9.84 Å². The summed E-state index contributed by atoms with van der Waals surface area (Å²) < 4.78 is 31.5. The van der Waals surface area contributed by atoms with Gasteiger partial charge in [-0.2, -0.15) is 5.10 Å². The molecule has 0 N–H and O–H groups in total. The van der Waals surface area contributed by atoms with Crippen LogP contribution >= 0.6 is 0 Å². The van der Waals surface area contributed by atoms with E-state index in [2.05, 4.69) is 11.8 Å². The van der Waals surface area contributed by atoms with Gasteiger partial charge in [-0.15, -0.1) is 0 Å².